The highest BCUT2D eigenvalue weighted by Gasteiger charge is 2.28. The second-order valence-electron chi connectivity index (χ2n) is 4.75. The standard InChI is InChI=1S/C14H21N3O2/c1-3-15-10-7-8-16-12(9-10)14(18)17-11-5-4-6-13(11)19-2/h7-9,11,13H,3-6H2,1-2H3,(H,15,16)(H,17,18). The van der Waals surface area contributed by atoms with Crippen LogP contribution in [0.3, 0.4) is 0 Å². The summed E-state index contributed by atoms with van der Waals surface area (Å²) >= 11 is 0. The van der Waals surface area contributed by atoms with Gasteiger partial charge in [-0.2, -0.15) is 0 Å². The molecule has 0 aromatic carbocycles. The first kappa shape index (κ1) is 13.8. The number of hydrogen-bond donors (Lipinski definition) is 2. The lowest BCUT2D eigenvalue weighted by atomic mass is 10.2. The van der Waals surface area contributed by atoms with E-state index in [1.807, 2.05) is 13.0 Å². The van der Waals surface area contributed by atoms with Gasteiger partial charge in [0.15, 0.2) is 0 Å². The van der Waals surface area contributed by atoms with E-state index >= 15 is 0 Å². The summed E-state index contributed by atoms with van der Waals surface area (Å²) in [7, 11) is 1.69. The van der Waals surface area contributed by atoms with Crippen LogP contribution in [0.15, 0.2) is 18.3 Å². The third-order valence-electron chi connectivity index (χ3n) is 3.45. The molecule has 5 nitrogen and oxygen atoms in total. The van der Waals surface area contributed by atoms with E-state index < -0.39 is 0 Å². The van der Waals surface area contributed by atoms with Crippen LogP contribution in [0.5, 0.6) is 0 Å². The van der Waals surface area contributed by atoms with E-state index in [-0.39, 0.29) is 18.1 Å². The van der Waals surface area contributed by atoms with Crippen LogP contribution in [0.4, 0.5) is 5.69 Å². The van der Waals surface area contributed by atoms with Gasteiger partial charge in [0.25, 0.3) is 5.91 Å². The van der Waals surface area contributed by atoms with Gasteiger partial charge in [-0.3, -0.25) is 9.78 Å². The molecule has 5 heteroatoms. The molecule has 1 aromatic heterocycles. The third kappa shape index (κ3) is 3.44. The number of anilines is 1. The molecular weight excluding hydrogens is 242 g/mol. The summed E-state index contributed by atoms with van der Waals surface area (Å²) in [6.45, 7) is 2.83. The smallest absolute Gasteiger partial charge is 0.270 e. The Morgan fingerprint density at radius 2 is 2.37 bits per heavy atom. The summed E-state index contributed by atoms with van der Waals surface area (Å²) in [5.41, 5.74) is 1.36. The molecule has 0 aliphatic heterocycles. The molecule has 0 radical (unpaired) electrons. The number of methoxy groups -OCH3 is 1. The average molecular weight is 263 g/mol. The Hall–Kier alpha value is -1.62. The number of carbonyl (C=O) groups is 1. The van der Waals surface area contributed by atoms with Gasteiger partial charge in [-0.25, -0.2) is 0 Å². The van der Waals surface area contributed by atoms with Crippen LogP contribution in [0.25, 0.3) is 0 Å². The Bertz CT molecular complexity index is 436. The first-order valence-corrected chi connectivity index (χ1v) is 6.78. The summed E-state index contributed by atoms with van der Waals surface area (Å²) in [4.78, 5) is 16.3. The van der Waals surface area contributed by atoms with Gasteiger partial charge in [-0.1, -0.05) is 0 Å². The molecule has 1 fully saturated rings. The maximum Gasteiger partial charge on any atom is 0.270 e. The zero-order chi connectivity index (χ0) is 13.7. The van der Waals surface area contributed by atoms with Crippen molar-refractivity contribution < 1.29 is 9.53 Å². The highest BCUT2D eigenvalue weighted by molar-refractivity contribution is 5.93. The number of aromatic nitrogens is 1. The SMILES string of the molecule is CCNc1ccnc(C(=O)NC2CCCC2OC)c1. The lowest BCUT2D eigenvalue weighted by Gasteiger charge is -2.19. The number of nitrogens with one attached hydrogen (secondary N) is 2. The van der Waals surface area contributed by atoms with Gasteiger partial charge in [0.1, 0.15) is 5.69 Å². The lowest BCUT2D eigenvalue weighted by Crippen LogP contribution is -2.41. The van der Waals surface area contributed by atoms with Crippen LogP contribution in [-0.4, -0.2) is 36.7 Å². The van der Waals surface area contributed by atoms with Gasteiger partial charge < -0.3 is 15.4 Å². The fraction of sp³-hybridized carbons (Fsp3) is 0.571. The maximum absolute atomic E-state index is 12.2. The predicted octanol–water partition coefficient (Wildman–Crippen LogP) is 1.81. The minimum absolute atomic E-state index is 0.0992. The number of amides is 1. The van der Waals surface area contributed by atoms with E-state index in [9.17, 15) is 4.79 Å². The van der Waals surface area contributed by atoms with Crippen molar-refractivity contribution in [1.82, 2.24) is 10.3 Å². The molecule has 1 amide bonds. The molecule has 2 atom stereocenters. The number of rotatable bonds is 5. The van der Waals surface area contributed by atoms with Crippen LogP contribution in [0.2, 0.25) is 0 Å². The Morgan fingerprint density at radius 3 is 3.11 bits per heavy atom. The Morgan fingerprint density at radius 1 is 1.53 bits per heavy atom. The molecule has 1 saturated carbocycles. The highest BCUT2D eigenvalue weighted by atomic mass is 16.5. The van der Waals surface area contributed by atoms with Crippen molar-refractivity contribution in [3.8, 4) is 0 Å². The van der Waals surface area contributed by atoms with E-state index in [0.717, 1.165) is 31.5 Å². The molecule has 0 spiro atoms. The van der Waals surface area contributed by atoms with Crippen LogP contribution in [0, 0.1) is 0 Å². The van der Waals surface area contributed by atoms with E-state index in [1.165, 1.54) is 0 Å². The van der Waals surface area contributed by atoms with Crippen molar-refractivity contribution >= 4 is 11.6 Å². The molecule has 19 heavy (non-hydrogen) atoms. The van der Waals surface area contributed by atoms with Gasteiger partial charge in [-0.05, 0) is 38.3 Å². The molecular formula is C14H21N3O2. The molecule has 0 bridgehead atoms. The van der Waals surface area contributed by atoms with Crippen molar-refractivity contribution in [1.29, 1.82) is 0 Å². The minimum Gasteiger partial charge on any atom is -0.385 e. The second-order valence-corrected chi connectivity index (χ2v) is 4.75. The summed E-state index contributed by atoms with van der Waals surface area (Å²) in [6, 6.07) is 3.73. The molecule has 2 N–H and O–H groups in total. The Balaban J connectivity index is 2.01. The second kappa shape index (κ2) is 6.52. The van der Waals surface area contributed by atoms with E-state index in [2.05, 4.69) is 15.6 Å². The van der Waals surface area contributed by atoms with Crippen LogP contribution in [0.1, 0.15) is 36.7 Å². The average Bonchev–Trinajstić information content (AvgIpc) is 2.86. The van der Waals surface area contributed by atoms with Gasteiger partial charge in [-0.15, -0.1) is 0 Å². The molecule has 104 valence electrons. The topological polar surface area (TPSA) is 63.2 Å². The number of hydrogen-bond acceptors (Lipinski definition) is 4. The van der Waals surface area contributed by atoms with E-state index in [1.54, 1.807) is 19.4 Å². The molecule has 1 heterocycles. The van der Waals surface area contributed by atoms with Crippen molar-refractivity contribution in [2.75, 3.05) is 19.0 Å². The van der Waals surface area contributed by atoms with Crippen molar-refractivity contribution in [3.05, 3.63) is 24.0 Å². The quantitative estimate of drug-likeness (QED) is 0.850. The molecule has 0 saturated heterocycles. The van der Waals surface area contributed by atoms with Gasteiger partial charge in [0, 0.05) is 25.5 Å². The largest absolute Gasteiger partial charge is 0.385 e. The number of ether oxygens (including phenoxy) is 1. The summed E-state index contributed by atoms with van der Waals surface area (Å²) in [5, 5.41) is 6.18. The minimum atomic E-state index is -0.131. The number of pyridine rings is 1. The van der Waals surface area contributed by atoms with Crippen molar-refractivity contribution in [2.45, 2.75) is 38.3 Å². The zero-order valence-electron chi connectivity index (χ0n) is 11.5. The fourth-order valence-corrected chi connectivity index (χ4v) is 2.48. The summed E-state index contributed by atoms with van der Waals surface area (Å²) in [6.07, 6.45) is 4.84. The molecule has 1 aromatic rings. The van der Waals surface area contributed by atoms with Crippen LogP contribution in [-0.2, 0) is 4.74 Å². The van der Waals surface area contributed by atoms with Gasteiger partial charge >= 0.3 is 0 Å². The van der Waals surface area contributed by atoms with Crippen molar-refractivity contribution in [2.24, 2.45) is 0 Å². The van der Waals surface area contributed by atoms with E-state index in [0.29, 0.717) is 5.69 Å². The fourth-order valence-electron chi connectivity index (χ4n) is 2.48. The Kier molecular flexibility index (Phi) is 4.74. The molecule has 2 rings (SSSR count). The highest BCUT2D eigenvalue weighted by Crippen LogP contribution is 2.21. The van der Waals surface area contributed by atoms with Gasteiger partial charge in [0.2, 0.25) is 0 Å². The lowest BCUT2D eigenvalue weighted by molar-refractivity contribution is 0.0719. The molecule has 1 aliphatic carbocycles. The number of carbonyl (C=O) groups excluding carboxylic acids is 1. The first-order chi connectivity index (χ1) is 9.24. The monoisotopic (exact) mass is 263 g/mol. The Labute approximate surface area is 113 Å². The predicted molar refractivity (Wildman–Crippen MR) is 74.3 cm³/mol. The van der Waals surface area contributed by atoms with Crippen molar-refractivity contribution in [3.63, 3.8) is 0 Å². The summed E-state index contributed by atoms with van der Waals surface area (Å²) in [5.74, 6) is -0.131. The summed E-state index contributed by atoms with van der Waals surface area (Å²) < 4.78 is 5.38. The number of nitrogens with zero attached hydrogens (tertiary/aromatic N) is 1. The van der Waals surface area contributed by atoms with Gasteiger partial charge in [0.05, 0.1) is 12.1 Å². The zero-order valence-corrected chi connectivity index (χ0v) is 11.5. The van der Waals surface area contributed by atoms with Crippen LogP contribution < -0.4 is 10.6 Å². The first-order valence-electron chi connectivity index (χ1n) is 6.78. The van der Waals surface area contributed by atoms with E-state index in [4.69, 9.17) is 4.74 Å². The molecule has 2 unspecified atom stereocenters. The van der Waals surface area contributed by atoms with Crippen LogP contribution >= 0.6 is 0 Å². The molecule has 1 aliphatic rings. The normalized spacial score (nSPS) is 22.2. The maximum atomic E-state index is 12.2. The third-order valence-corrected chi connectivity index (χ3v) is 3.45.